The number of rotatable bonds is 44. The number of carbonyl (C=O) groups excluding carboxylic acids is 4. The molecule has 2 atom stereocenters. The van der Waals surface area contributed by atoms with Gasteiger partial charge in [0.05, 0.1) is 32.8 Å². The number of nitrogens with one attached hydrogen (secondary N) is 3. The summed E-state index contributed by atoms with van der Waals surface area (Å²) in [5, 5.41) is 16.5. The zero-order valence-electron chi connectivity index (χ0n) is 43.6. The third kappa shape index (κ3) is 37.3. The topological polar surface area (TPSA) is 153 Å². The molecule has 1 heterocycles. The van der Waals surface area contributed by atoms with Gasteiger partial charge in [0.15, 0.2) is 0 Å². The highest BCUT2D eigenvalue weighted by atomic mass is 35.5. The summed E-state index contributed by atoms with van der Waals surface area (Å²) in [6, 6.07) is -1.01. The van der Waals surface area contributed by atoms with Crippen molar-refractivity contribution in [3.8, 4) is 0 Å². The Bertz CT molecular complexity index is 1290. The summed E-state index contributed by atoms with van der Waals surface area (Å²) in [4.78, 5) is 60.7. The molecule has 396 valence electrons. The predicted octanol–water partition coefficient (Wildman–Crippen LogP) is 10.1. The molecule has 0 saturated carbocycles. The van der Waals surface area contributed by atoms with Crippen LogP contribution in [-0.4, -0.2) is 135 Å². The number of esters is 2. The lowest BCUT2D eigenvalue weighted by molar-refractivity contribution is -0.149. The number of nitrogens with zero attached hydrogens (tertiary/aromatic N) is 3. The van der Waals surface area contributed by atoms with Gasteiger partial charge in [0.2, 0.25) is 11.8 Å². The zero-order chi connectivity index (χ0) is 49.6. The minimum absolute atomic E-state index is 0.0195. The average Bonchev–Trinajstić information content (AvgIpc) is 3.43. The molecule has 1 saturated heterocycles. The lowest BCUT2D eigenvalue weighted by Crippen LogP contribution is -2.49. The van der Waals surface area contributed by atoms with Crippen molar-refractivity contribution in [1.29, 1.82) is 0 Å². The fraction of sp³-hybridized carbons (Fsp3) is 0.852. The molecular formula is C54H101ClN6O7. The number of aliphatic hydroxyl groups is 1. The molecule has 1 aliphatic heterocycles. The van der Waals surface area contributed by atoms with Crippen molar-refractivity contribution in [3.05, 3.63) is 24.3 Å². The molecule has 2 unspecified atom stereocenters. The third-order valence-electron chi connectivity index (χ3n) is 12.9. The van der Waals surface area contributed by atoms with Crippen LogP contribution in [-0.2, 0) is 28.7 Å². The number of aliphatic hydroxyl groups excluding tert-OH is 1. The van der Waals surface area contributed by atoms with Crippen LogP contribution in [0, 0.1) is 0 Å². The monoisotopic (exact) mass is 981 g/mol. The first-order chi connectivity index (χ1) is 33.2. The van der Waals surface area contributed by atoms with Gasteiger partial charge in [0.1, 0.15) is 12.3 Å². The van der Waals surface area contributed by atoms with E-state index in [1.807, 2.05) is 9.80 Å². The van der Waals surface area contributed by atoms with Crippen molar-refractivity contribution in [2.75, 3.05) is 79.2 Å². The number of likely N-dealkylation sites (N-methyl/N-ethyl adjacent to an activating group) is 1. The van der Waals surface area contributed by atoms with E-state index in [0.29, 0.717) is 45.9 Å². The summed E-state index contributed by atoms with van der Waals surface area (Å²) in [5.74, 6) is -1.41. The van der Waals surface area contributed by atoms with E-state index in [1.165, 1.54) is 122 Å². The quantitative estimate of drug-likeness (QED) is 0.0200. The van der Waals surface area contributed by atoms with E-state index in [-0.39, 0.29) is 50.9 Å². The summed E-state index contributed by atoms with van der Waals surface area (Å²) in [6.45, 7) is 7.93. The van der Waals surface area contributed by atoms with Crippen molar-refractivity contribution in [2.45, 2.75) is 219 Å². The van der Waals surface area contributed by atoms with Gasteiger partial charge in [-0.15, -0.1) is 0 Å². The standard InChI is InChI=1S/C54H101ClN6O7/c1-4-6-8-10-12-14-16-18-20-22-24-26-28-30-32-34-44-67-53(65)37-36-49(54(66)68-45-35-33-31-29-27-25-23-21-19-17-15-13-11-9-7-5-2)58-50(62)48-59-38-40-60(51(63)46-56-3)42-43-61(41-39-59)52(64)47-57-55/h18-21,49,52,56-57,64H,4-17,22-48H2,1-3H3,(H,58,62)/b20-18-,21-19-. The second-order valence-electron chi connectivity index (χ2n) is 19.0. The Morgan fingerprint density at radius 1 is 0.603 bits per heavy atom. The Labute approximate surface area is 420 Å². The van der Waals surface area contributed by atoms with Crippen LogP contribution in [0.4, 0.5) is 0 Å². The number of ether oxygens (including phenoxy) is 2. The van der Waals surface area contributed by atoms with Crippen LogP contribution in [0.2, 0.25) is 0 Å². The van der Waals surface area contributed by atoms with Gasteiger partial charge in [-0.05, 0) is 89.5 Å². The van der Waals surface area contributed by atoms with Gasteiger partial charge < -0.3 is 30.1 Å². The third-order valence-corrected chi connectivity index (χ3v) is 13.0. The molecule has 1 rings (SSSR count). The highest BCUT2D eigenvalue weighted by Crippen LogP contribution is 2.13. The van der Waals surface area contributed by atoms with Gasteiger partial charge in [-0.25, -0.2) is 9.63 Å². The molecule has 0 aliphatic carbocycles. The first kappa shape index (κ1) is 63.5. The van der Waals surface area contributed by atoms with Gasteiger partial charge in [-0.2, -0.15) is 0 Å². The first-order valence-electron chi connectivity index (χ1n) is 27.6. The van der Waals surface area contributed by atoms with Crippen molar-refractivity contribution in [2.24, 2.45) is 0 Å². The molecule has 0 aromatic rings. The summed E-state index contributed by atoms with van der Waals surface area (Å²) in [7, 11) is 1.72. The van der Waals surface area contributed by atoms with Gasteiger partial charge >= 0.3 is 11.9 Å². The van der Waals surface area contributed by atoms with Gasteiger partial charge in [0.25, 0.3) is 0 Å². The lowest BCUT2D eigenvalue weighted by atomic mass is 10.1. The number of hydrogen-bond donors (Lipinski definition) is 4. The highest BCUT2D eigenvalue weighted by molar-refractivity contribution is 6.13. The van der Waals surface area contributed by atoms with E-state index < -0.39 is 24.2 Å². The van der Waals surface area contributed by atoms with E-state index >= 15 is 0 Å². The average molecular weight is 982 g/mol. The van der Waals surface area contributed by atoms with E-state index in [1.54, 1.807) is 11.9 Å². The number of halogens is 1. The molecule has 0 aromatic carbocycles. The van der Waals surface area contributed by atoms with Gasteiger partial charge in [-0.1, -0.05) is 154 Å². The Balaban J connectivity index is 2.60. The lowest BCUT2D eigenvalue weighted by Gasteiger charge is -2.29. The molecule has 14 heteroatoms. The van der Waals surface area contributed by atoms with Crippen molar-refractivity contribution >= 4 is 35.5 Å². The van der Waals surface area contributed by atoms with Gasteiger partial charge in [0, 0.05) is 45.7 Å². The van der Waals surface area contributed by atoms with Crippen molar-refractivity contribution in [1.82, 2.24) is 30.2 Å². The fourth-order valence-corrected chi connectivity index (χ4v) is 8.61. The Morgan fingerprint density at radius 2 is 1.04 bits per heavy atom. The van der Waals surface area contributed by atoms with Crippen molar-refractivity contribution in [3.63, 3.8) is 0 Å². The molecule has 2 amide bonds. The Morgan fingerprint density at radius 3 is 1.54 bits per heavy atom. The van der Waals surface area contributed by atoms with Gasteiger partial charge in [-0.3, -0.25) is 24.2 Å². The smallest absolute Gasteiger partial charge is 0.328 e. The number of amides is 2. The van der Waals surface area contributed by atoms with E-state index in [2.05, 4.69) is 53.6 Å². The number of hydrogen-bond acceptors (Lipinski definition) is 11. The van der Waals surface area contributed by atoms with E-state index in [0.717, 1.165) is 57.8 Å². The van der Waals surface area contributed by atoms with E-state index in [9.17, 15) is 24.3 Å². The van der Waals surface area contributed by atoms with Crippen LogP contribution in [0.15, 0.2) is 24.3 Å². The molecule has 0 aromatic heterocycles. The first-order valence-corrected chi connectivity index (χ1v) is 27.9. The number of allylic oxidation sites excluding steroid dienone is 4. The maximum atomic E-state index is 13.6. The van der Waals surface area contributed by atoms with Crippen LogP contribution in [0.5, 0.6) is 0 Å². The summed E-state index contributed by atoms with van der Waals surface area (Å²) in [6.07, 6.45) is 42.0. The molecule has 0 radical (unpaired) electrons. The molecule has 0 bridgehead atoms. The van der Waals surface area contributed by atoms with E-state index in [4.69, 9.17) is 21.3 Å². The fourth-order valence-electron chi connectivity index (χ4n) is 8.47. The maximum Gasteiger partial charge on any atom is 0.328 e. The Kier molecular flexibility index (Phi) is 43.7. The molecule has 4 N–H and O–H groups in total. The summed E-state index contributed by atoms with van der Waals surface area (Å²) >= 11 is 5.70. The molecule has 1 fully saturated rings. The number of unbranched alkanes of at least 4 members (excludes halogenated alkanes) is 24. The molecule has 0 spiro atoms. The van der Waals surface area contributed by atoms with Crippen LogP contribution in [0.1, 0.15) is 206 Å². The van der Waals surface area contributed by atoms with Crippen LogP contribution in [0.25, 0.3) is 0 Å². The Hall–Kier alpha value is -2.55. The van der Waals surface area contributed by atoms with Crippen LogP contribution >= 0.6 is 11.8 Å². The SMILES string of the molecule is CCCCCCCC/C=C\CCCCCCCCOC(=O)CCC(NC(=O)CN1CCN(C(=O)CNC)CCN(C(O)CNCl)CC1)C(=O)OCCCCCCCC/C=C\CCCCCCCC. The maximum absolute atomic E-state index is 13.6. The minimum atomic E-state index is -1.01. The molecule has 68 heavy (non-hydrogen) atoms. The summed E-state index contributed by atoms with van der Waals surface area (Å²) in [5.41, 5.74) is 0. The second-order valence-corrected chi connectivity index (χ2v) is 19.2. The molecule has 1 aliphatic rings. The normalized spacial score (nSPS) is 15.0. The predicted molar refractivity (Wildman–Crippen MR) is 280 cm³/mol. The summed E-state index contributed by atoms with van der Waals surface area (Å²) < 4.78 is 11.2. The largest absolute Gasteiger partial charge is 0.466 e. The van der Waals surface area contributed by atoms with Crippen molar-refractivity contribution < 1.29 is 33.8 Å². The highest BCUT2D eigenvalue weighted by Gasteiger charge is 2.27. The van der Waals surface area contributed by atoms with Crippen LogP contribution < -0.4 is 15.5 Å². The second kappa shape index (κ2) is 46.8. The number of carbonyl (C=O) groups is 4. The molecular weight excluding hydrogens is 880 g/mol. The minimum Gasteiger partial charge on any atom is -0.466 e. The van der Waals surface area contributed by atoms with Crippen LogP contribution in [0.3, 0.4) is 0 Å². The molecule has 13 nitrogen and oxygen atoms in total. The zero-order valence-corrected chi connectivity index (χ0v) is 44.3.